The normalized spacial score (nSPS) is 15.6. The molecule has 0 saturated heterocycles. The summed E-state index contributed by atoms with van der Waals surface area (Å²) in [7, 11) is 2.05. The van der Waals surface area contributed by atoms with Gasteiger partial charge in [-0.1, -0.05) is 6.07 Å². The smallest absolute Gasteiger partial charge is 0.0478 e. The summed E-state index contributed by atoms with van der Waals surface area (Å²) in [5.74, 6) is 0.791. The van der Waals surface area contributed by atoms with Crippen molar-refractivity contribution in [1.82, 2.24) is 4.57 Å². The third-order valence-corrected chi connectivity index (χ3v) is 3.42. The van der Waals surface area contributed by atoms with Crippen LogP contribution in [0.25, 0.3) is 10.9 Å². The van der Waals surface area contributed by atoms with Gasteiger partial charge in [0.25, 0.3) is 0 Å². The van der Waals surface area contributed by atoms with Crippen LogP contribution in [0.3, 0.4) is 0 Å². The van der Waals surface area contributed by atoms with E-state index in [1.54, 1.807) is 0 Å². The molecule has 0 radical (unpaired) electrons. The van der Waals surface area contributed by atoms with Crippen LogP contribution in [0.4, 0.5) is 0 Å². The van der Waals surface area contributed by atoms with Crippen molar-refractivity contribution in [3.8, 4) is 0 Å². The van der Waals surface area contributed by atoms with Crippen LogP contribution >= 0.6 is 0 Å². The lowest BCUT2D eigenvalue weighted by Gasteiger charge is -2.04. The molecule has 1 fully saturated rings. The molecule has 2 heteroatoms. The molecular weight excluding hydrogens is 196 g/mol. The Bertz CT molecular complexity index is 547. The Morgan fingerprint density at radius 1 is 1.38 bits per heavy atom. The van der Waals surface area contributed by atoms with Gasteiger partial charge in [0.15, 0.2) is 0 Å². The molecule has 1 aliphatic rings. The zero-order valence-corrected chi connectivity index (χ0v) is 9.53. The van der Waals surface area contributed by atoms with Gasteiger partial charge in [0.1, 0.15) is 0 Å². The minimum atomic E-state index is 0.791. The fraction of sp³-hybridized carbons (Fsp3) is 0.357. The van der Waals surface area contributed by atoms with E-state index in [1.807, 2.05) is 0 Å². The first kappa shape index (κ1) is 9.64. The average molecular weight is 212 g/mol. The maximum atomic E-state index is 8.08. The minimum absolute atomic E-state index is 0.791. The highest BCUT2D eigenvalue weighted by Crippen LogP contribution is 2.33. The number of fused-ring (bicyclic) bond motifs is 1. The molecule has 0 unspecified atom stereocenters. The van der Waals surface area contributed by atoms with Gasteiger partial charge in [0.2, 0.25) is 0 Å². The van der Waals surface area contributed by atoms with Crippen LogP contribution < -0.4 is 0 Å². The van der Waals surface area contributed by atoms with Crippen LogP contribution in [0, 0.1) is 11.3 Å². The van der Waals surface area contributed by atoms with E-state index in [0.29, 0.717) is 0 Å². The van der Waals surface area contributed by atoms with Gasteiger partial charge in [-0.2, -0.15) is 0 Å². The second-order valence-electron chi connectivity index (χ2n) is 4.83. The van der Waals surface area contributed by atoms with Crippen molar-refractivity contribution >= 4 is 16.6 Å². The van der Waals surface area contributed by atoms with Crippen molar-refractivity contribution in [2.45, 2.75) is 19.3 Å². The summed E-state index contributed by atoms with van der Waals surface area (Å²) in [4.78, 5) is 0. The van der Waals surface area contributed by atoms with Crippen molar-refractivity contribution in [2.75, 3.05) is 0 Å². The lowest BCUT2D eigenvalue weighted by molar-refractivity contribution is 0.890. The van der Waals surface area contributed by atoms with Gasteiger partial charge in [0, 0.05) is 29.9 Å². The zero-order chi connectivity index (χ0) is 11.1. The maximum Gasteiger partial charge on any atom is 0.0478 e. The van der Waals surface area contributed by atoms with Crippen LogP contribution in [-0.4, -0.2) is 10.3 Å². The van der Waals surface area contributed by atoms with Gasteiger partial charge in [0.05, 0.1) is 0 Å². The van der Waals surface area contributed by atoms with Crippen LogP contribution in [0.2, 0.25) is 0 Å². The minimum Gasteiger partial charge on any atom is -0.351 e. The molecule has 16 heavy (non-hydrogen) atoms. The Kier molecular flexibility index (Phi) is 2.10. The van der Waals surface area contributed by atoms with E-state index in [0.717, 1.165) is 23.6 Å². The largest absolute Gasteiger partial charge is 0.351 e. The Labute approximate surface area is 95.4 Å². The average Bonchev–Trinajstić information content (AvgIpc) is 3.02. The Morgan fingerprint density at radius 2 is 2.19 bits per heavy atom. The summed E-state index contributed by atoms with van der Waals surface area (Å²) < 4.78 is 2.11. The number of aryl methyl sites for hydroxylation is 1. The molecule has 2 nitrogen and oxygen atoms in total. The number of nitrogens with one attached hydrogen (secondary N) is 1. The summed E-state index contributed by atoms with van der Waals surface area (Å²) in [5.41, 5.74) is 3.13. The Hall–Kier alpha value is -1.57. The molecule has 0 bridgehead atoms. The number of hydrogen-bond acceptors (Lipinski definition) is 1. The van der Waals surface area contributed by atoms with Crippen molar-refractivity contribution in [1.29, 1.82) is 5.41 Å². The van der Waals surface area contributed by atoms with E-state index in [1.165, 1.54) is 23.7 Å². The Balaban J connectivity index is 1.94. The number of rotatable bonds is 3. The highest BCUT2D eigenvalue weighted by Gasteiger charge is 2.23. The van der Waals surface area contributed by atoms with Crippen LogP contribution in [-0.2, 0) is 7.05 Å². The Morgan fingerprint density at radius 3 is 2.94 bits per heavy atom. The third kappa shape index (κ3) is 1.64. The molecular formula is C14H16N2. The summed E-state index contributed by atoms with van der Waals surface area (Å²) in [6, 6.07) is 8.45. The second kappa shape index (κ2) is 3.48. The van der Waals surface area contributed by atoms with Gasteiger partial charge >= 0.3 is 0 Å². The van der Waals surface area contributed by atoms with Gasteiger partial charge in [-0.15, -0.1) is 0 Å². The third-order valence-electron chi connectivity index (χ3n) is 3.42. The highest BCUT2D eigenvalue weighted by molar-refractivity contribution is 6.01. The summed E-state index contributed by atoms with van der Waals surface area (Å²) in [5, 5.41) is 9.31. The number of aromatic nitrogens is 1. The van der Waals surface area contributed by atoms with Crippen LogP contribution in [0.1, 0.15) is 24.8 Å². The van der Waals surface area contributed by atoms with Gasteiger partial charge in [-0.25, -0.2) is 0 Å². The molecule has 3 rings (SSSR count). The molecule has 1 aromatic heterocycles. The molecule has 1 N–H and O–H groups in total. The maximum absolute atomic E-state index is 8.08. The number of nitrogens with zero attached hydrogens (tertiary/aromatic N) is 1. The molecule has 0 amide bonds. The van der Waals surface area contributed by atoms with Crippen LogP contribution in [0.5, 0.6) is 0 Å². The van der Waals surface area contributed by atoms with Gasteiger partial charge in [-0.3, -0.25) is 0 Å². The van der Waals surface area contributed by atoms with Crippen molar-refractivity contribution < 1.29 is 0 Å². The fourth-order valence-electron chi connectivity index (χ4n) is 2.20. The van der Waals surface area contributed by atoms with E-state index in [-0.39, 0.29) is 0 Å². The predicted molar refractivity (Wildman–Crippen MR) is 67.1 cm³/mol. The molecule has 0 aliphatic heterocycles. The molecule has 82 valence electrons. The van der Waals surface area contributed by atoms with E-state index in [4.69, 9.17) is 5.41 Å². The highest BCUT2D eigenvalue weighted by atomic mass is 14.9. The summed E-state index contributed by atoms with van der Waals surface area (Å²) >= 11 is 0. The standard InChI is InChI=1S/C14H16N2/c1-16-7-6-12-9-11(4-5-14(12)16)13(15)8-10-2-3-10/h4-7,9-10,15H,2-3,8H2,1H3. The van der Waals surface area contributed by atoms with Crippen LogP contribution in [0.15, 0.2) is 30.5 Å². The monoisotopic (exact) mass is 212 g/mol. The molecule has 0 spiro atoms. The quantitative estimate of drug-likeness (QED) is 0.756. The summed E-state index contributed by atoms with van der Waals surface area (Å²) in [6.07, 6.45) is 5.66. The summed E-state index contributed by atoms with van der Waals surface area (Å²) in [6.45, 7) is 0. The number of benzene rings is 1. The predicted octanol–water partition coefficient (Wildman–Crippen LogP) is 3.35. The molecule has 1 aliphatic carbocycles. The SMILES string of the molecule is Cn1ccc2cc(C(=N)CC3CC3)ccc21. The first-order chi connectivity index (χ1) is 7.74. The second-order valence-corrected chi connectivity index (χ2v) is 4.83. The molecule has 1 heterocycles. The molecule has 0 atom stereocenters. The van der Waals surface area contributed by atoms with Gasteiger partial charge < -0.3 is 9.98 Å². The van der Waals surface area contributed by atoms with E-state index >= 15 is 0 Å². The van der Waals surface area contributed by atoms with E-state index < -0.39 is 0 Å². The van der Waals surface area contributed by atoms with Gasteiger partial charge in [-0.05, 0) is 48.9 Å². The van der Waals surface area contributed by atoms with Crippen molar-refractivity contribution in [3.05, 3.63) is 36.0 Å². The topological polar surface area (TPSA) is 28.8 Å². The lowest BCUT2D eigenvalue weighted by atomic mass is 10.0. The van der Waals surface area contributed by atoms with E-state index in [2.05, 4.69) is 42.1 Å². The van der Waals surface area contributed by atoms with E-state index in [9.17, 15) is 0 Å². The zero-order valence-electron chi connectivity index (χ0n) is 9.53. The number of hydrogen-bond donors (Lipinski definition) is 1. The fourth-order valence-corrected chi connectivity index (χ4v) is 2.20. The molecule has 1 aromatic carbocycles. The van der Waals surface area contributed by atoms with Crippen molar-refractivity contribution in [3.63, 3.8) is 0 Å². The molecule has 2 aromatic rings. The lowest BCUT2D eigenvalue weighted by Crippen LogP contribution is -1.99. The first-order valence-corrected chi connectivity index (χ1v) is 5.87. The molecule has 1 saturated carbocycles. The first-order valence-electron chi connectivity index (χ1n) is 5.87. The van der Waals surface area contributed by atoms with Crippen molar-refractivity contribution in [2.24, 2.45) is 13.0 Å².